The van der Waals surface area contributed by atoms with Crippen LogP contribution in [0.3, 0.4) is 0 Å². The normalized spacial score (nSPS) is 19.3. The third-order valence-corrected chi connectivity index (χ3v) is 3.90. The van der Waals surface area contributed by atoms with Gasteiger partial charge in [-0.05, 0) is 52.4 Å². The molecule has 1 aliphatic carbocycles. The van der Waals surface area contributed by atoms with Gasteiger partial charge < -0.3 is 10.8 Å². The van der Waals surface area contributed by atoms with Gasteiger partial charge in [0.15, 0.2) is 0 Å². The van der Waals surface area contributed by atoms with Gasteiger partial charge in [-0.3, -0.25) is 0 Å². The Morgan fingerprint density at radius 2 is 2.00 bits per heavy atom. The molecule has 0 heterocycles. The molecule has 1 aromatic rings. The molecule has 3 heteroatoms. The van der Waals surface area contributed by atoms with E-state index in [0.29, 0.717) is 5.92 Å². The molecule has 0 saturated heterocycles. The van der Waals surface area contributed by atoms with E-state index in [0.717, 1.165) is 10.0 Å². The molecule has 0 bridgehead atoms. The summed E-state index contributed by atoms with van der Waals surface area (Å²) < 4.78 is 0.730. The smallest absolute Gasteiger partial charge is 0.129 e. The molecule has 0 amide bonds. The van der Waals surface area contributed by atoms with Crippen molar-refractivity contribution in [1.29, 1.82) is 0 Å². The van der Waals surface area contributed by atoms with E-state index in [1.165, 1.54) is 25.7 Å². The maximum Gasteiger partial charge on any atom is 0.129 e. The second-order valence-corrected chi connectivity index (χ2v) is 5.14. The maximum atomic E-state index is 9.40. The molecule has 82 valence electrons. The van der Waals surface area contributed by atoms with Crippen LogP contribution in [-0.4, -0.2) is 5.11 Å². The van der Waals surface area contributed by atoms with Crippen LogP contribution in [0.25, 0.3) is 0 Å². The highest BCUT2D eigenvalue weighted by molar-refractivity contribution is 9.10. The summed E-state index contributed by atoms with van der Waals surface area (Å²) in [6.07, 6.45) is 5.08. The molecule has 1 fully saturated rings. The standard InChI is InChI=1S/C12H16BrNO/c13-10-7-9(5-6-11(10)15)12(14)8-3-1-2-4-8/h5-8,12,15H,1-4,14H2/t12-/m1/s1. The van der Waals surface area contributed by atoms with Crippen molar-refractivity contribution < 1.29 is 5.11 Å². The predicted octanol–water partition coefficient (Wildman–Crippen LogP) is 3.34. The van der Waals surface area contributed by atoms with Crippen molar-refractivity contribution >= 4 is 15.9 Å². The molecule has 0 radical (unpaired) electrons. The zero-order chi connectivity index (χ0) is 10.8. The van der Waals surface area contributed by atoms with Gasteiger partial charge >= 0.3 is 0 Å². The number of aromatic hydroxyl groups is 1. The molecule has 1 atom stereocenters. The van der Waals surface area contributed by atoms with Crippen LogP contribution >= 0.6 is 15.9 Å². The lowest BCUT2D eigenvalue weighted by molar-refractivity contribution is 0.442. The van der Waals surface area contributed by atoms with Crippen molar-refractivity contribution in [2.24, 2.45) is 11.7 Å². The summed E-state index contributed by atoms with van der Waals surface area (Å²) in [4.78, 5) is 0. The molecule has 2 rings (SSSR count). The molecule has 0 aliphatic heterocycles. The first kappa shape index (κ1) is 11.0. The van der Waals surface area contributed by atoms with Gasteiger partial charge in [-0.2, -0.15) is 0 Å². The van der Waals surface area contributed by atoms with Crippen LogP contribution in [0.2, 0.25) is 0 Å². The van der Waals surface area contributed by atoms with Crippen molar-refractivity contribution in [2.75, 3.05) is 0 Å². The first-order chi connectivity index (χ1) is 7.18. The van der Waals surface area contributed by atoms with Gasteiger partial charge in [-0.25, -0.2) is 0 Å². The third kappa shape index (κ3) is 2.34. The van der Waals surface area contributed by atoms with Gasteiger partial charge in [0.05, 0.1) is 4.47 Å². The van der Waals surface area contributed by atoms with Crippen molar-refractivity contribution in [3.8, 4) is 5.75 Å². The van der Waals surface area contributed by atoms with Crippen LogP contribution < -0.4 is 5.73 Å². The number of hydrogen-bond donors (Lipinski definition) is 2. The molecule has 2 nitrogen and oxygen atoms in total. The Balaban J connectivity index is 2.17. The fraction of sp³-hybridized carbons (Fsp3) is 0.500. The zero-order valence-electron chi connectivity index (χ0n) is 8.62. The van der Waals surface area contributed by atoms with E-state index in [2.05, 4.69) is 15.9 Å². The maximum absolute atomic E-state index is 9.40. The number of phenols is 1. The summed E-state index contributed by atoms with van der Waals surface area (Å²) in [6, 6.07) is 5.67. The Morgan fingerprint density at radius 1 is 1.33 bits per heavy atom. The highest BCUT2D eigenvalue weighted by Crippen LogP contribution is 2.36. The van der Waals surface area contributed by atoms with E-state index < -0.39 is 0 Å². The van der Waals surface area contributed by atoms with Gasteiger partial charge in [0.2, 0.25) is 0 Å². The van der Waals surface area contributed by atoms with E-state index in [4.69, 9.17) is 5.73 Å². The van der Waals surface area contributed by atoms with Crippen LogP contribution in [-0.2, 0) is 0 Å². The van der Waals surface area contributed by atoms with Crippen molar-refractivity contribution in [1.82, 2.24) is 0 Å². The molecule has 15 heavy (non-hydrogen) atoms. The lowest BCUT2D eigenvalue weighted by Crippen LogP contribution is -2.18. The van der Waals surface area contributed by atoms with E-state index in [-0.39, 0.29) is 11.8 Å². The van der Waals surface area contributed by atoms with Crippen LogP contribution in [0.1, 0.15) is 37.3 Å². The molecule has 3 N–H and O–H groups in total. The quantitative estimate of drug-likeness (QED) is 0.865. The second kappa shape index (κ2) is 4.54. The Morgan fingerprint density at radius 3 is 2.60 bits per heavy atom. The first-order valence-electron chi connectivity index (χ1n) is 5.42. The van der Waals surface area contributed by atoms with Gasteiger partial charge in [0.1, 0.15) is 5.75 Å². The number of benzene rings is 1. The van der Waals surface area contributed by atoms with Crippen molar-refractivity contribution in [2.45, 2.75) is 31.7 Å². The fourth-order valence-corrected chi connectivity index (χ4v) is 2.72. The molecular formula is C12H16BrNO. The molecule has 1 aliphatic rings. The van der Waals surface area contributed by atoms with E-state index in [1.54, 1.807) is 6.07 Å². The Bertz CT molecular complexity index is 347. The molecule has 1 aromatic carbocycles. The second-order valence-electron chi connectivity index (χ2n) is 4.28. The minimum atomic E-state index is 0.115. The SMILES string of the molecule is N[C@@H](c1ccc(O)c(Br)c1)C1CCCC1. The van der Waals surface area contributed by atoms with Gasteiger partial charge in [0, 0.05) is 6.04 Å². The van der Waals surface area contributed by atoms with Gasteiger partial charge in [-0.1, -0.05) is 18.9 Å². The summed E-state index contributed by atoms with van der Waals surface area (Å²) >= 11 is 3.32. The molecule has 0 unspecified atom stereocenters. The minimum Gasteiger partial charge on any atom is -0.507 e. The van der Waals surface area contributed by atoms with Crippen LogP contribution in [0.4, 0.5) is 0 Å². The van der Waals surface area contributed by atoms with Crippen molar-refractivity contribution in [3.05, 3.63) is 28.2 Å². The Labute approximate surface area is 98.6 Å². The highest BCUT2D eigenvalue weighted by Gasteiger charge is 2.23. The number of rotatable bonds is 2. The van der Waals surface area contributed by atoms with Gasteiger partial charge in [-0.15, -0.1) is 0 Å². The van der Waals surface area contributed by atoms with Crippen LogP contribution in [0.5, 0.6) is 5.75 Å². The molecule has 0 aromatic heterocycles. The summed E-state index contributed by atoms with van der Waals surface area (Å²) in [6.45, 7) is 0. The van der Waals surface area contributed by atoms with Gasteiger partial charge in [0.25, 0.3) is 0 Å². The minimum absolute atomic E-state index is 0.115. The largest absolute Gasteiger partial charge is 0.507 e. The number of phenolic OH excluding ortho intramolecular Hbond substituents is 1. The van der Waals surface area contributed by atoms with E-state index in [9.17, 15) is 5.11 Å². The Kier molecular flexibility index (Phi) is 3.32. The average molecular weight is 270 g/mol. The highest BCUT2D eigenvalue weighted by atomic mass is 79.9. The van der Waals surface area contributed by atoms with Crippen molar-refractivity contribution in [3.63, 3.8) is 0 Å². The first-order valence-corrected chi connectivity index (χ1v) is 6.22. The summed E-state index contributed by atoms with van der Waals surface area (Å²) in [5.41, 5.74) is 7.33. The zero-order valence-corrected chi connectivity index (χ0v) is 10.2. The lowest BCUT2D eigenvalue weighted by Gasteiger charge is -2.19. The summed E-state index contributed by atoms with van der Waals surface area (Å²) in [5, 5.41) is 9.40. The summed E-state index contributed by atoms with van der Waals surface area (Å²) in [7, 11) is 0. The average Bonchev–Trinajstić information content (AvgIpc) is 2.74. The topological polar surface area (TPSA) is 46.2 Å². The van der Waals surface area contributed by atoms with Crippen LogP contribution in [0.15, 0.2) is 22.7 Å². The molecule has 0 spiro atoms. The Hall–Kier alpha value is -0.540. The van der Waals surface area contributed by atoms with E-state index >= 15 is 0 Å². The number of hydrogen-bond acceptors (Lipinski definition) is 2. The number of nitrogens with two attached hydrogens (primary N) is 1. The van der Waals surface area contributed by atoms with Crippen LogP contribution in [0, 0.1) is 5.92 Å². The summed E-state index contributed by atoms with van der Waals surface area (Å²) in [5.74, 6) is 0.888. The number of halogens is 1. The molecular weight excluding hydrogens is 254 g/mol. The molecule has 1 saturated carbocycles. The van der Waals surface area contributed by atoms with E-state index in [1.807, 2.05) is 12.1 Å². The lowest BCUT2D eigenvalue weighted by atomic mass is 9.92. The monoisotopic (exact) mass is 269 g/mol. The predicted molar refractivity (Wildman–Crippen MR) is 64.7 cm³/mol. The third-order valence-electron chi connectivity index (χ3n) is 3.26. The fourth-order valence-electron chi connectivity index (χ4n) is 2.32.